The van der Waals surface area contributed by atoms with Crippen LogP contribution in [0.1, 0.15) is 27.2 Å². The van der Waals surface area contributed by atoms with Gasteiger partial charge in [-0.3, -0.25) is 0 Å². The Labute approximate surface area is 71.1 Å². The van der Waals surface area contributed by atoms with E-state index in [1.54, 1.807) is 0 Å². The van der Waals surface area contributed by atoms with Gasteiger partial charge in [-0.15, -0.1) is 0 Å². The van der Waals surface area contributed by atoms with Gasteiger partial charge in [-0.2, -0.15) is 0 Å². The second-order valence-electron chi connectivity index (χ2n) is 3.88. The fraction of sp³-hybridized carbons (Fsp3) is 0.800. The minimum Gasteiger partial charge on any atom is -0.309 e. The van der Waals surface area contributed by atoms with Gasteiger partial charge in [0.1, 0.15) is 0 Å². The van der Waals surface area contributed by atoms with Gasteiger partial charge in [0.05, 0.1) is 0 Å². The number of rotatable bonds is 4. The average Bonchev–Trinajstić information content (AvgIpc) is 1.82. The first-order valence-corrected chi connectivity index (χ1v) is 4.30. The highest BCUT2D eigenvalue weighted by Crippen LogP contribution is 2.05. The molecule has 0 spiro atoms. The second kappa shape index (κ2) is 5.36. The third kappa shape index (κ3) is 7.60. The van der Waals surface area contributed by atoms with E-state index in [2.05, 4.69) is 45.8 Å². The Bertz CT molecular complexity index is 121. The minimum absolute atomic E-state index is 0.778. The lowest BCUT2D eigenvalue weighted by molar-refractivity contribution is 0.340. The van der Waals surface area contributed by atoms with E-state index in [1.807, 2.05) is 0 Å². The maximum absolute atomic E-state index is 2.31. The molecular weight excluding hydrogens is 134 g/mol. The minimum atomic E-state index is 0.778. The van der Waals surface area contributed by atoms with Crippen LogP contribution in [-0.2, 0) is 0 Å². The van der Waals surface area contributed by atoms with Crippen molar-refractivity contribution in [1.29, 1.82) is 0 Å². The third-order valence-corrected chi connectivity index (χ3v) is 1.61. The molecule has 0 aliphatic heterocycles. The van der Waals surface area contributed by atoms with Crippen LogP contribution in [0.5, 0.6) is 0 Å². The average molecular weight is 155 g/mol. The molecule has 0 saturated heterocycles. The first-order chi connectivity index (χ1) is 5.02. The van der Waals surface area contributed by atoms with Crippen molar-refractivity contribution in [2.75, 3.05) is 20.6 Å². The lowest BCUT2D eigenvalue weighted by atomic mass is 10.1. The molecular formula is C10H21N. The SMILES string of the molecule is CC(C)=CCC(C)CN(C)C. The molecule has 0 amide bonds. The fourth-order valence-corrected chi connectivity index (χ4v) is 1.13. The van der Waals surface area contributed by atoms with Crippen molar-refractivity contribution in [3.8, 4) is 0 Å². The van der Waals surface area contributed by atoms with Crippen LogP contribution < -0.4 is 0 Å². The normalized spacial score (nSPS) is 13.3. The fourth-order valence-electron chi connectivity index (χ4n) is 1.13. The van der Waals surface area contributed by atoms with Crippen LogP contribution in [0.25, 0.3) is 0 Å². The number of hydrogen-bond donors (Lipinski definition) is 0. The Morgan fingerprint density at radius 3 is 2.27 bits per heavy atom. The van der Waals surface area contributed by atoms with Gasteiger partial charge in [0.15, 0.2) is 0 Å². The molecule has 0 saturated carbocycles. The van der Waals surface area contributed by atoms with Gasteiger partial charge in [0.25, 0.3) is 0 Å². The molecule has 0 radical (unpaired) electrons. The Kier molecular flexibility index (Phi) is 5.22. The van der Waals surface area contributed by atoms with E-state index in [-0.39, 0.29) is 0 Å². The zero-order chi connectivity index (χ0) is 8.85. The molecule has 1 nitrogen and oxygen atoms in total. The van der Waals surface area contributed by atoms with E-state index in [4.69, 9.17) is 0 Å². The molecule has 11 heavy (non-hydrogen) atoms. The summed E-state index contributed by atoms with van der Waals surface area (Å²) < 4.78 is 0. The largest absolute Gasteiger partial charge is 0.309 e. The molecule has 0 aromatic rings. The molecule has 0 aromatic carbocycles. The van der Waals surface area contributed by atoms with Gasteiger partial charge in [-0.1, -0.05) is 18.6 Å². The summed E-state index contributed by atoms with van der Waals surface area (Å²) in [6.07, 6.45) is 3.52. The van der Waals surface area contributed by atoms with E-state index < -0.39 is 0 Å². The van der Waals surface area contributed by atoms with Crippen LogP contribution in [-0.4, -0.2) is 25.5 Å². The Balaban J connectivity index is 3.53. The Hall–Kier alpha value is -0.300. The van der Waals surface area contributed by atoms with Crippen molar-refractivity contribution in [3.63, 3.8) is 0 Å². The molecule has 1 heteroatoms. The van der Waals surface area contributed by atoms with E-state index in [0.717, 1.165) is 5.92 Å². The van der Waals surface area contributed by atoms with E-state index in [9.17, 15) is 0 Å². The number of allylic oxidation sites excluding steroid dienone is 2. The van der Waals surface area contributed by atoms with Gasteiger partial charge in [0, 0.05) is 6.54 Å². The first kappa shape index (κ1) is 10.7. The van der Waals surface area contributed by atoms with E-state index >= 15 is 0 Å². The van der Waals surface area contributed by atoms with Crippen LogP contribution in [0.15, 0.2) is 11.6 Å². The summed E-state index contributed by atoms with van der Waals surface area (Å²) in [6, 6.07) is 0. The molecule has 0 fully saturated rings. The molecule has 66 valence electrons. The molecule has 0 aliphatic rings. The highest BCUT2D eigenvalue weighted by molar-refractivity contribution is 4.93. The predicted molar refractivity (Wildman–Crippen MR) is 51.8 cm³/mol. The van der Waals surface area contributed by atoms with Crippen LogP contribution in [0, 0.1) is 5.92 Å². The summed E-state index contributed by atoms with van der Waals surface area (Å²) in [5.41, 5.74) is 1.43. The maximum Gasteiger partial charge on any atom is 0.000388 e. The Morgan fingerprint density at radius 2 is 1.91 bits per heavy atom. The summed E-state index contributed by atoms with van der Waals surface area (Å²) in [6.45, 7) is 7.79. The van der Waals surface area contributed by atoms with Gasteiger partial charge in [0.2, 0.25) is 0 Å². The summed E-state index contributed by atoms with van der Waals surface area (Å²) in [5.74, 6) is 0.778. The highest BCUT2D eigenvalue weighted by Gasteiger charge is 2.00. The maximum atomic E-state index is 2.31. The molecule has 0 aromatic heterocycles. The van der Waals surface area contributed by atoms with Crippen molar-refractivity contribution in [2.45, 2.75) is 27.2 Å². The zero-order valence-corrected chi connectivity index (χ0v) is 8.52. The van der Waals surface area contributed by atoms with Gasteiger partial charge < -0.3 is 4.90 Å². The lowest BCUT2D eigenvalue weighted by Gasteiger charge is -2.14. The summed E-state index contributed by atoms with van der Waals surface area (Å²) >= 11 is 0. The smallest absolute Gasteiger partial charge is 0.000388 e. The summed E-state index contributed by atoms with van der Waals surface area (Å²) in [7, 11) is 4.25. The monoisotopic (exact) mass is 155 g/mol. The Morgan fingerprint density at radius 1 is 1.36 bits per heavy atom. The summed E-state index contributed by atoms with van der Waals surface area (Å²) in [4.78, 5) is 2.24. The van der Waals surface area contributed by atoms with Crippen LogP contribution in [0.4, 0.5) is 0 Å². The predicted octanol–water partition coefficient (Wildman–Crippen LogP) is 2.54. The number of nitrogens with zero attached hydrogens (tertiary/aromatic N) is 1. The molecule has 0 N–H and O–H groups in total. The van der Waals surface area contributed by atoms with Crippen LogP contribution in [0.2, 0.25) is 0 Å². The molecule has 1 unspecified atom stereocenters. The molecule has 0 rings (SSSR count). The van der Waals surface area contributed by atoms with E-state index in [1.165, 1.54) is 18.5 Å². The molecule has 0 aliphatic carbocycles. The molecule has 1 atom stereocenters. The standard InChI is InChI=1S/C10H21N/c1-9(2)6-7-10(3)8-11(4)5/h6,10H,7-8H2,1-5H3. The first-order valence-electron chi connectivity index (χ1n) is 4.30. The molecule has 0 heterocycles. The topological polar surface area (TPSA) is 3.24 Å². The van der Waals surface area contributed by atoms with Crippen molar-refractivity contribution in [2.24, 2.45) is 5.92 Å². The quantitative estimate of drug-likeness (QED) is 0.564. The van der Waals surface area contributed by atoms with Gasteiger partial charge in [-0.25, -0.2) is 0 Å². The van der Waals surface area contributed by atoms with Gasteiger partial charge in [-0.05, 0) is 40.3 Å². The van der Waals surface area contributed by atoms with Gasteiger partial charge >= 0.3 is 0 Å². The van der Waals surface area contributed by atoms with E-state index in [0.29, 0.717) is 0 Å². The lowest BCUT2D eigenvalue weighted by Crippen LogP contribution is -2.19. The zero-order valence-electron chi connectivity index (χ0n) is 8.52. The second-order valence-corrected chi connectivity index (χ2v) is 3.88. The van der Waals surface area contributed by atoms with Crippen molar-refractivity contribution >= 4 is 0 Å². The molecule has 0 bridgehead atoms. The van der Waals surface area contributed by atoms with Crippen molar-refractivity contribution < 1.29 is 0 Å². The van der Waals surface area contributed by atoms with Crippen LogP contribution in [0.3, 0.4) is 0 Å². The third-order valence-electron chi connectivity index (χ3n) is 1.61. The highest BCUT2D eigenvalue weighted by atomic mass is 15.0. The van der Waals surface area contributed by atoms with Crippen molar-refractivity contribution in [3.05, 3.63) is 11.6 Å². The number of hydrogen-bond acceptors (Lipinski definition) is 1. The van der Waals surface area contributed by atoms with Crippen molar-refractivity contribution in [1.82, 2.24) is 4.90 Å². The summed E-state index contributed by atoms with van der Waals surface area (Å²) in [5, 5.41) is 0. The van der Waals surface area contributed by atoms with Crippen LogP contribution >= 0.6 is 0 Å².